The molecule has 1 aromatic heterocycles. The number of fused-ring (bicyclic) bond motifs is 2. The molecular formula is C26H22ClN3O5. The molecule has 2 atom stereocenters. The van der Waals surface area contributed by atoms with Gasteiger partial charge in [0.2, 0.25) is 5.91 Å². The fourth-order valence-electron chi connectivity index (χ4n) is 4.31. The quantitative estimate of drug-likeness (QED) is 0.273. The molecule has 0 radical (unpaired) electrons. The molecule has 35 heavy (non-hydrogen) atoms. The van der Waals surface area contributed by atoms with Crippen molar-refractivity contribution in [2.75, 3.05) is 13.2 Å². The zero-order chi connectivity index (χ0) is 24.4. The Bertz CT molecular complexity index is 1400. The van der Waals surface area contributed by atoms with Crippen molar-refractivity contribution >= 4 is 34.1 Å². The molecule has 5 rings (SSSR count). The second kappa shape index (κ2) is 9.68. The number of rotatable bonds is 7. The third-order valence-electron chi connectivity index (χ3n) is 6.02. The van der Waals surface area contributed by atoms with Crippen LogP contribution in [0.1, 0.15) is 23.5 Å². The van der Waals surface area contributed by atoms with Crippen LogP contribution in [0.5, 0.6) is 11.5 Å². The summed E-state index contributed by atoms with van der Waals surface area (Å²) in [6.07, 6.45) is 1.61. The minimum atomic E-state index is -0.429. The van der Waals surface area contributed by atoms with Crippen LogP contribution in [0.25, 0.3) is 10.9 Å². The molecule has 0 fully saturated rings. The first-order valence-corrected chi connectivity index (χ1v) is 11.5. The van der Waals surface area contributed by atoms with E-state index in [0.717, 1.165) is 16.6 Å². The van der Waals surface area contributed by atoms with Gasteiger partial charge in [-0.1, -0.05) is 35.9 Å². The predicted octanol–water partition coefficient (Wildman–Crippen LogP) is 5.21. The summed E-state index contributed by atoms with van der Waals surface area (Å²) in [7, 11) is 0. The molecular weight excluding hydrogens is 470 g/mol. The Morgan fingerprint density at radius 3 is 2.77 bits per heavy atom. The number of para-hydroxylation sites is 2. The molecule has 0 saturated carbocycles. The second-order valence-corrected chi connectivity index (χ2v) is 8.78. The molecule has 1 aliphatic heterocycles. The van der Waals surface area contributed by atoms with Crippen LogP contribution in [-0.4, -0.2) is 35.1 Å². The van der Waals surface area contributed by atoms with Gasteiger partial charge >= 0.3 is 0 Å². The van der Waals surface area contributed by atoms with Gasteiger partial charge < -0.3 is 19.8 Å². The SMILES string of the molecule is O=C(C[C@H](c1cccc(Cl)c1)c1c[nH]c2ccc([N+](=O)[O-])cc12)NC[C@H]1COc2ccccc2O1. The summed E-state index contributed by atoms with van der Waals surface area (Å²) in [5.41, 5.74) is 2.37. The van der Waals surface area contributed by atoms with Gasteiger partial charge in [0.05, 0.1) is 11.5 Å². The van der Waals surface area contributed by atoms with Crippen molar-refractivity contribution < 1.29 is 19.2 Å². The Kier molecular flexibility index (Phi) is 6.29. The van der Waals surface area contributed by atoms with E-state index >= 15 is 0 Å². The number of halogens is 1. The molecule has 9 heteroatoms. The maximum Gasteiger partial charge on any atom is 0.270 e. The number of H-pyrrole nitrogens is 1. The van der Waals surface area contributed by atoms with E-state index in [2.05, 4.69) is 10.3 Å². The number of nitrogens with zero attached hydrogens (tertiary/aromatic N) is 1. The summed E-state index contributed by atoms with van der Waals surface area (Å²) in [5.74, 6) is 0.783. The van der Waals surface area contributed by atoms with E-state index < -0.39 is 4.92 Å². The highest BCUT2D eigenvalue weighted by Crippen LogP contribution is 2.36. The molecule has 0 spiro atoms. The van der Waals surface area contributed by atoms with Crippen molar-refractivity contribution in [2.24, 2.45) is 0 Å². The molecule has 3 aromatic carbocycles. The van der Waals surface area contributed by atoms with E-state index in [1.54, 1.807) is 18.3 Å². The van der Waals surface area contributed by atoms with Gasteiger partial charge in [0.25, 0.3) is 5.69 Å². The first kappa shape index (κ1) is 22.7. The lowest BCUT2D eigenvalue weighted by molar-refractivity contribution is -0.384. The second-order valence-electron chi connectivity index (χ2n) is 8.34. The number of hydrogen-bond acceptors (Lipinski definition) is 5. The number of non-ortho nitro benzene ring substituents is 1. The molecule has 2 N–H and O–H groups in total. The first-order chi connectivity index (χ1) is 17.0. The number of aromatic nitrogens is 1. The summed E-state index contributed by atoms with van der Waals surface area (Å²) < 4.78 is 11.6. The average molecular weight is 492 g/mol. The minimum Gasteiger partial charge on any atom is -0.486 e. The first-order valence-electron chi connectivity index (χ1n) is 11.1. The number of carbonyl (C=O) groups is 1. The van der Waals surface area contributed by atoms with Crippen LogP contribution >= 0.6 is 11.6 Å². The van der Waals surface area contributed by atoms with E-state index in [1.165, 1.54) is 12.1 Å². The summed E-state index contributed by atoms with van der Waals surface area (Å²) >= 11 is 6.25. The van der Waals surface area contributed by atoms with Crippen molar-refractivity contribution in [3.63, 3.8) is 0 Å². The fourth-order valence-corrected chi connectivity index (χ4v) is 4.51. The number of hydrogen-bond donors (Lipinski definition) is 2. The van der Waals surface area contributed by atoms with Crippen LogP contribution in [0, 0.1) is 10.1 Å². The number of aromatic amines is 1. The summed E-state index contributed by atoms with van der Waals surface area (Å²) in [6, 6.07) is 19.4. The number of carbonyl (C=O) groups excluding carboxylic acids is 1. The molecule has 1 amide bonds. The third-order valence-corrected chi connectivity index (χ3v) is 6.25. The Balaban J connectivity index is 1.37. The Morgan fingerprint density at radius 1 is 1.14 bits per heavy atom. The molecule has 1 aliphatic rings. The molecule has 2 heterocycles. The number of nitrogens with one attached hydrogen (secondary N) is 2. The van der Waals surface area contributed by atoms with Crippen molar-refractivity contribution in [3.05, 3.63) is 99.2 Å². The molecule has 178 valence electrons. The molecule has 0 bridgehead atoms. The van der Waals surface area contributed by atoms with Crippen LogP contribution in [0.2, 0.25) is 5.02 Å². The lowest BCUT2D eigenvalue weighted by Crippen LogP contribution is -2.41. The molecule has 8 nitrogen and oxygen atoms in total. The van der Waals surface area contributed by atoms with Crippen LogP contribution < -0.4 is 14.8 Å². The lowest BCUT2D eigenvalue weighted by atomic mass is 9.88. The van der Waals surface area contributed by atoms with Crippen LogP contribution in [0.15, 0.2) is 72.9 Å². The van der Waals surface area contributed by atoms with Gasteiger partial charge in [-0.25, -0.2) is 0 Å². The lowest BCUT2D eigenvalue weighted by Gasteiger charge is -2.26. The van der Waals surface area contributed by atoms with E-state index in [-0.39, 0.29) is 36.6 Å². The molecule has 4 aromatic rings. The van der Waals surface area contributed by atoms with E-state index in [0.29, 0.717) is 28.5 Å². The van der Waals surface area contributed by atoms with Crippen LogP contribution in [-0.2, 0) is 4.79 Å². The van der Waals surface area contributed by atoms with E-state index in [4.69, 9.17) is 21.1 Å². The number of benzene rings is 3. The summed E-state index contributed by atoms with van der Waals surface area (Å²) in [6.45, 7) is 0.621. The van der Waals surface area contributed by atoms with E-state index in [9.17, 15) is 14.9 Å². The van der Waals surface area contributed by atoms with Gasteiger partial charge in [-0.3, -0.25) is 14.9 Å². The minimum absolute atomic E-state index is 0.0117. The van der Waals surface area contributed by atoms with Crippen molar-refractivity contribution in [1.29, 1.82) is 0 Å². The van der Waals surface area contributed by atoms with Crippen molar-refractivity contribution in [2.45, 2.75) is 18.4 Å². The molecule has 0 saturated heterocycles. The highest BCUT2D eigenvalue weighted by Gasteiger charge is 2.25. The average Bonchev–Trinajstić information content (AvgIpc) is 3.29. The van der Waals surface area contributed by atoms with Gasteiger partial charge in [0.1, 0.15) is 12.7 Å². The molecule has 0 unspecified atom stereocenters. The molecule has 0 aliphatic carbocycles. The Labute approximate surface area is 206 Å². The Morgan fingerprint density at radius 2 is 1.97 bits per heavy atom. The van der Waals surface area contributed by atoms with Crippen molar-refractivity contribution in [1.82, 2.24) is 10.3 Å². The smallest absolute Gasteiger partial charge is 0.270 e. The largest absolute Gasteiger partial charge is 0.486 e. The van der Waals surface area contributed by atoms with Gasteiger partial charge in [-0.05, 0) is 41.5 Å². The number of ether oxygens (including phenoxy) is 2. The Hall–Kier alpha value is -4.04. The highest BCUT2D eigenvalue weighted by molar-refractivity contribution is 6.30. The predicted molar refractivity (Wildman–Crippen MR) is 132 cm³/mol. The zero-order valence-corrected chi connectivity index (χ0v) is 19.3. The topological polar surface area (TPSA) is 106 Å². The zero-order valence-electron chi connectivity index (χ0n) is 18.6. The maximum atomic E-state index is 13.0. The highest BCUT2D eigenvalue weighted by atomic mass is 35.5. The number of nitro benzene ring substituents is 1. The standard InChI is InChI=1S/C26H22ClN3O5/c27-17-5-3-4-16(10-17)20(22-14-28-23-9-8-18(30(32)33)11-21(22)23)12-26(31)29-13-19-15-34-24-6-1-2-7-25(24)35-19/h1-11,14,19-20,28H,12-13,15H2,(H,29,31)/t19-,20+/m0/s1. The number of amides is 1. The van der Waals surface area contributed by atoms with Gasteiger partial charge in [0.15, 0.2) is 11.5 Å². The van der Waals surface area contributed by atoms with Crippen LogP contribution in [0.3, 0.4) is 0 Å². The summed E-state index contributed by atoms with van der Waals surface area (Å²) in [4.78, 5) is 27.1. The van der Waals surface area contributed by atoms with Gasteiger partial charge in [-0.2, -0.15) is 0 Å². The fraction of sp³-hybridized carbons (Fsp3) is 0.192. The van der Waals surface area contributed by atoms with Crippen LogP contribution in [0.4, 0.5) is 5.69 Å². The third kappa shape index (κ3) is 4.93. The number of nitro groups is 1. The van der Waals surface area contributed by atoms with Gasteiger partial charge in [0, 0.05) is 46.6 Å². The van der Waals surface area contributed by atoms with Gasteiger partial charge in [-0.15, -0.1) is 0 Å². The summed E-state index contributed by atoms with van der Waals surface area (Å²) in [5, 5.41) is 15.5. The van der Waals surface area contributed by atoms with E-state index in [1.807, 2.05) is 42.5 Å². The monoisotopic (exact) mass is 491 g/mol. The normalized spacial score (nSPS) is 15.5. The van der Waals surface area contributed by atoms with Crippen molar-refractivity contribution in [3.8, 4) is 11.5 Å². The maximum absolute atomic E-state index is 13.0.